The molecule has 10 heteroatoms. The van der Waals surface area contributed by atoms with Crippen LogP contribution in [0.15, 0.2) is 117 Å². The van der Waals surface area contributed by atoms with Crippen molar-refractivity contribution < 1.29 is 18.9 Å². The number of hydrogen-bond acceptors (Lipinski definition) is 8. The molecule has 1 amide bonds. The van der Waals surface area contributed by atoms with Crippen molar-refractivity contribution in [2.24, 2.45) is 10.2 Å². The molecular weight excluding hydrogens is 504 g/mol. The molecule has 3 aromatic carbocycles. The first kappa shape index (κ1) is 24.7. The van der Waals surface area contributed by atoms with E-state index < -0.39 is 4.92 Å². The lowest BCUT2D eigenvalue weighted by atomic mass is 10.2. The smallest absolute Gasteiger partial charge is 0.270 e. The minimum absolute atomic E-state index is 0.0563. The topological polar surface area (TPSA) is 111 Å². The van der Waals surface area contributed by atoms with Crippen LogP contribution in [0, 0.1) is 10.1 Å². The maximum Gasteiger partial charge on any atom is 0.270 e. The van der Waals surface area contributed by atoms with Gasteiger partial charge in [-0.1, -0.05) is 42.5 Å². The van der Waals surface area contributed by atoms with Crippen LogP contribution in [-0.4, -0.2) is 27.1 Å². The number of amides is 1. The van der Waals surface area contributed by atoms with E-state index in [1.54, 1.807) is 36.6 Å². The second kappa shape index (κ2) is 11.4. The third-order valence-electron chi connectivity index (χ3n) is 5.35. The van der Waals surface area contributed by atoms with E-state index in [4.69, 9.17) is 9.15 Å². The summed E-state index contributed by atoms with van der Waals surface area (Å²) in [5.41, 5.74) is 1.24. The van der Waals surface area contributed by atoms with Gasteiger partial charge in [0.15, 0.2) is 5.17 Å². The molecule has 0 radical (unpaired) electrons. The Hall–Kier alpha value is -4.96. The van der Waals surface area contributed by atoms with Gasteiger partial charge in [0.05, 0.1) is 28.9 Å². The molecule has 38 heavy (non-hydrogen) atoms. The van der Waals surface area contributed by atoms with E-state index in [0.29, 0.717) is 27.1 Å². The van der Waals surface area contributed by atoms with Crippen LogP contribution in [-0.2, 0) is 11.3 Å². The number of furan rings is 1. The lowest BCUT2D eigenvalue weighted by Crippen LogP contribution is -2.28. The van der Waals surface area contributed by atoms with Crippen molar-refractivity contribution in [3.05, 3.63) is 129 Å². The molecule has 4 aromatic rings. The van der Waals surface area contributed by atoms with E-state index >= 15 is 0 Å². The van der Waals surface area contributed by atoms with Gasteiger partial charge in [0.25, 0.3) is 11.6 Å². The van der Waals surface area contributed by atoms with E-state index in [1.165, 1.54) is 23.3 Å². The Kier molecular flexibility index (Phi) is 7.42. The van der Waals surface area contributed by atoms with E-state index in [9.17, 15) is 14.9 Å². The van der Waals surface area contributed by atoms with Crippen molar-refractivity contribution in [1.82, 2.24) is 4.90 Å². The fourth-order valence-electron chi connectivity index (χ4n) is 3.59. The molecule has 0 saturated carbocycles. The zero-order chi connectivity index (χ0) is 26.3. The summed E-state index contributed by atoms with van der Waals surface area (Å²) in [6.07, 6.45) is 4.71. The molecule has 2 heterocycles. The average Bonchev–Trinajstić information content (AvgIpc) is 3.54. The summed E-state index contributed by atoms with van der Waals surface area (Å²) < 4.78 is 11.3. The van der Waals surface area contributed by atoms with Crippen molar-refractivity contribution in [3.8, 4) is 11.5 Å². The van der Waals surface area contributed by atoms with Gasteiger partial charge in [0.2, 0.25) is 0 Å². The average molecular weight is 525 g/mol. The quantitative estimate of drug-likeness (QED) is 0.113. The van der Waals surface area contributed by atoms with Crippen LogP contribution in [0.25, 0.3) is 6.08 Å². The number of nitro groups is 1. The molecule has 1 aliphatic heterocycles. The fourth-order valence-corrected chi connectivity index (χ4v) is 4.52. The van der Waals surface area contributed by atoms with Gasteiger partial charge < -0.3 is 9.15 Å². The number of nitro benzene ring substituents is 1. The number of non-ortho nitro benzene ring substituents is 1. The molecular formula is C28H20N4O5S. The Morgan fingerprint density at radius 1 is 0.947 bits per heavy atom. The molecule has 1 aliphatic rings. The van der Waals surface area contributed by atoms with E-state index in [2.05, 4.69) is 10.2 Å². The number of amidine groups is 1. The Labute approximate surface area is 221 Å². The molecule has 0 unspecified atom stereocenters. The summed E-state index contributed by atoms with van der Waals surface area (Å²) in [7, 11) is 0. The number of para-hydroxylation sites is 1. The number of thioether (sulfide) groups is 1. The molecule has 1 fully saturated rings. The highest BCUT2D eigenvalue weighted by molar-refractivity contribution is 8.18. The second-order valence-electron chi connectivity index (χ2n) is 8.05. The molecule has 1 aromatic heterocycles. The van der Waals surface area contributed by atoms with Gasteiger partial charge in [0, 0.05) is 12.1 Å². The third-order valence-corrected chi connectivity index (χ3v) is 6.35. The standard InChI is InChI=1S/C28H20N4O5S/c33-27-26(17-20-7-4-9-22(15-20)32(34)35)38-28(31(27)19-25-13-6-14-36-25)30-29-18-21-8-5-12-24(16-21)37-23-10-2-1-3-11-23/h1-18H,19H2/b26-17-,29-18-,30-28+. The van der Waals surface area contributed by atoms with Gasteiger partial charge in [0.1, 0.15) is 17.3 Å². The second-order valence-corrected chi connectivity index (χ2v) is 9.06. The normalized spacial score (nSPS) is 15.6. The number of rotatable bonds is 8. The number of nitrogens with zero attached hydrogens (tertiary/aromatic N) is 4. The van der Waals surface area contributed by atoms with Gasteiger partial charge in [-0.05, 0) is 65.4 Å². The van der Waals surface area contributed by atoms with Crippen molar-refractivity contribution in [2.45, 2.75) is 6.54 Å². The SMILES string of the molecule is O=C1/C(=C/c2cccc([N+](=O)[O-])c2)S/C(=N/N=C\c2cccc(Oc3ccccc3)c2)N1Cc1ccco1. The highest BCUT2D eigenvalue weighted by Crippen LogP contribution is 2.34. The summed E-state index contributed by atoms with van der Waals surface area (Å²) in [6.45, 7) is 0.167. The van der Waals surface area contributed by atoms with Crippen molar-refractivity contribution in [3.63, 3.8) is 0 Å². The predicted octanol–water partition coefficient (Wildman–Crippen LogP) is 6.49. The van der Waals surface area contributed by atoms with Crippen LogP contribution < -0.4 is 4.74 Å². The Bertz CT molecular complexity index is 1550. The molecule has 0 aliphatic carbocycles. The zero-order valence-corrected chi connectivity index (χ0v) is 20.7. The maximum absolute atomic E-state index is 13.2. The summed E-state index contributed by atoms with van der Waals surface area (Å²) in [5, 5.41) is 20.0. The summed E-state index contributed by atoms with van der Waals surface area (Å²) in [6, 6.07) is 26.4. The summed E-state index contributed by atoms with van der Waals surface area (Å²) in [4.78, 5) is 25.7. The summed E-state index contributed by atoms with van der Waals surface area (Å²) >= 11 is 1.14. The third kappa shape index (κ3) is 6.05. The number of ether oxygens (including phenoxy) is 1. The van der Waals surface area contributed by atoms with Crippen LogP contribution >= 0.6 is 11.8 Å². The Balaban J connectivity index is 1.38. The molecule has 9 nitrogen and oxygen atoms in total. The first-order valence-electron chi connectivity index (χ1n) is 11.5. The lowest BCUT2D eigenvalue weighted by Gasteiger charge is -2.12. The Morgan fingerprint density at radius 3 is 2.53 bits per heavy atom. The maximum atomic E-state index is 13.2. The molecule has 5 rings (SSSR count). The first-order valence-corrected chi connectivity index (χ1v) is 12.3. The zero-order valence-electron chi connectivity index (χ0n) is 19.8. The van der Waals surface area contributed by atoms with Gasteiger partial charge in [-0.2, -0.15) is 5.10 Å². The molecule has 188 valence electrons. The molecule has 0 bridgehead atoms. The number of hydrogen-bond donors (Lipinski definition) is 0. The largest absolute Gasteiger partial charge is 0.467 e. The Morgan fingerprint density at radius 2 is 1.74 bits per heavy atom. The molecule has 0 atom stereocenters. The van der Waals surface area contributed by atoms with Crippen LogP contribution in [0.3, 0.4) is 0 Å². The number of carbonyl (C=O) groups excluding carboxylic acids is 1. The minimum Gasteiger partial charge on any atom is -0.467 e. The van der Waals surface area contributed by atoms with Gasteiger partial charge >= 0.3 is 0 Å². The predicted molar refractivity (Wildman–Crippen MR) is 146 cm³/mol. The monoisotopic (exact) mass is 524 g/mol. The highest BCUT2D eigenvalue weighted by Gasteiger charge is 2.34. The van der Waals surface area contributed by atoms with E-state index in [-0.39, 0.29) is 18.1 Å². The minimum atomic E-state index is -0.476. The molecule has 0 N–H and O–H groups in total. The highest BCUT2D eigenvalue weighted by atomic mass is 32.2. The lowest BCUT2D eigenvalue weighted by molar-refractivity contribution is -0.384. The molecule has 0 spiro atoms. The number of carbonyl (C=O) groups is 1. The first-order chi connectivity index (χ1) is 18.5. The van der Waals surface area contributed by atoms with Crippen LogP contribution in [0.1, 0.15) is 16.9 Å². The van der Waals surface area contributed by atoms with Crippen LogP contribution in [0.4, 0.5) is 5.69 Å². The van der Waals surface area contributed by atoms with Crippen molar-refractivity contribution in [2.75, 3.05) is 0 Å². The van der Waals surface area contributed by atoms with E-state index in [1.807, 2.05) is 54.6 Å². The van der Waals surface area contributed by atoms with Crippen LogP contribution in [0.5, 0.6) is 11.5 Å². The molecule has 1 saturated heterocycles. The van der Waals surface area contributed by atoms with Crippen molar-refractivity contribution >= 4 is 40.8 Å². The van der Waals surface area contributed by atoms with Gasteiger partial charge in [-0.25, -0.2) is 0 Å². The van der Waals surface area contributed by atoms with Crippen LogP contribution in [0.2, 0.25) is 0 Å². The summed E-state index contributed by atoms with van der Waals surface area (Å²) in [5.74, 6) is 1.65. The van der Waals surface area contributed by atoms with Gasteiger partial charge in [-0.15, -0.1) is 5.10 Å². The van der Waals surface area contributed by atoms with Gasteiger partial charge in [-0.3, -0.25) is 19.8 Å². The fraction of sp³-hybridized carbons (Fsp3) is 0.0357. The van der Waals surface area contributed by atoms with Crippen molar-refractivity contribution in [1.29, 1.82) is 0 Å². The van der Waals surface area contributed by atoms with E-state index in [0.717, 1.165) is 23.1 Å². The number of benzene rings is 3.